The van der Waals surface area contributed by atoms with Crippen molar-refractivity contribution in [1.29, 1.82) is 0 Å². The van der Waals surface area contributed by atoms with E-state index in [0.717, 1.165) is 73.6 Å². The van der Waals surface area contributed by atoms with Crippen molar-refractivity contribution in [2.75, 3.05) is 20.1 Å². The summed E-state index contributed by atoms with van der Waals surface area (Å²) in [6.07, 6.45) is 6.75. The van der Waals surface area contributed by atoms with Gasteiger partial charge in [-0.05, 0) is 82.1 Å². The molecule has 3 aromatic heterocycles. The van der Waals surface area contributed by atoms with Crippen LogP contribution < -0.4 is 0 Å². The number of rotatable bonds is 6. The van der Waals surface area contributed by atoms with Gasteiger partial charge in [0.1, 0.15) is 22.5 Å². The van der Waals surface area contributed by atoms with Gasteiger partial charge in [-0.3, -0.25) is 0 Å². The highest BCUT2D eigenvalue weighted by Crippen LogP contribution is 2.46. The fourth-order valence-corrected chi connectivity index (χ4v) is 7.10. The largest absolute Gasteiger partial charge is 0.510 e. The van der Waals surface area contributed by atoms with Crippen LogP contribution in [0.4, 0.5) is 0 Å². The van der Waals surface area contributed by atoms with Crippen molar-refractivity contribution < 1.29 is 9.84 Å². The Bertz CT molecular complexity index is 1900. The first-order chi connectivity index (χ1) is 20.4. The molecule has 0 spiro atoms. The van der Waals surface area contributed by atoms with Crippen LogP contribution in [0.3, 0.4) is 0 Å². The molecule has 0 saturated heterocycles. The van der Waals surface area contributed by atoms with Gasteiger partial charge in [-0.2, -0.15) is 0 Å². The maximum absolute atomic E-state index is 10.8. The van der Waals surface area contributed by atoms with E-state index in [4.69, 9.17) is 26.3 Å². The summed E-state index contributed by atoms with van der Waals surface area (Å²) in [5.41, 5.74) is 8.70. The molecule has 8 heteroatoms. The maximum atomic E-state index is 10.8. The highest BCUT2D eigenvalue weighted by atomic mass is 35.5. The number of benzene rings is 2. The lowest BCUT2D eigenvalue weighted by Crippen LogP contribution is -2.24. The summed E-state index contributed by atoms with van der Waals surface area (Å²) in [6, 6.07) is 12.1. The van der Waals surface area contributed by atoms with E-state index in [1.807, 2.05) is 58.2 Å². The van der Waals surface area contributed by atoms with Gasteiger partial charge >= 0.3 is 0 Å². The monoisotopic (exact) mass is 612 g/mol. The molecule has 0 saturated carbocycles. The highest BCUT2D eigenvalue weighted by molar-refractivity contribution is 7.22. The van der Waals surface area contributed by atoms with Crippen LogP contribution in [0.1, 0.15) is 50.0 Å². The van der Waals surface area contributed by atoms with Gasteiger partial charge in [0.25, 0.3) is 0 Å². The Hall–Kier alpha value is -3.49. The van der Waals surface area contributed by atoms with E-state index in [9.17, 15) is 5.11 Å². The predicted octanol–water partition coefficient (Wildman–Crippen LogP) is 9.13. The topological polar surface area (TPSA) is 63.4 Å². The lowest BCUT2D eigenvalue weighted by atomic mass is 9.90. The average Bonchev–Trinajstić information content (AvgIpc) is 3.52. The molecule has 1 N–H and O–H groups in total. The van der Waals surface area contributed by atoms with Crippen molar-refractivity contribution in [1.82, 2.24) is 19.4 Å². The molecule has 0 aliphatic carbocycles. The van der Waals surface area contributed by atoms with E-state index in [0.29, 0.717) is 5.02 Å². The van der Waals surface area contributed by atoms with Gasteiger partial charge in [0.15, 0.2) is 0 Å². The smallest absolute Gasteiger partial charge is 0.140 e. The Morgan fingerprint density at radius 1 is 1.14 bits per heavy atom. The number of aliphatic hydroxyl groups is 1. The van der Waals surface area contributed by atoms with Crippen LogP contribution in [0.2, 0.25) is 5.02 Å². The zero-order chi connectivity index (χ0) is 30.6. The molecule has 0 radical (unpaired) electrons. The standard InChI is InChI=1S/C35H37ClN4O2S/c1-20-16-28-32(30(23-8-10-25(36)11-9-23)29(20)31(21(2)41)42-35(3,4)5)43-34(38-28)24-17-26-27(19-40(7)33(26)37-18-24)22-12-14-39(6)15-13-22/h8-12,16-19,31,41H,2,13-15H2,1,3-7H3/t31-/m1/s1. The number of aliphatic hydroxyl groups excluding tert-OH is 1. The van der Waals surface area contributed by atoms with Crippen molar-refractivity contribution >= 4 is 49.8 Å². The minimum absolute atomic E-state index is 0.0354. The van der Waals surface area contributed by atoms with Gasteiger partial charge in [-0.1, -0.05) is 36.4 Å². The third-order valence-electron chi connectivity index (χ3n) is 7.92. The summed E-state index contributed by atoms with van der Waals surface area (Å²) in [5.74, 6) is -0.0354. The fraction of sp³-hybridized carbons (Fsp3) is 0.314. The number of pyridine rings is 1. The van der Waals surface area contributed by atoms with Crippen LogP contribution in [-0.2, 0) is 11.8 Å². The maximum Gasteiger partial charge on any atom is 0.140 e. The minimum atomic E-state index is -0.715. The number of thiazole rings is 1. The number of halogens is 1. The van der Waals surface area contributed by atoms with E-state index < -0.39 is 11.7 Å². The molecule has 0 bridgehead atoms. The fourth-order valence-electron chi connectivity index (χ4n) is 5.87. The molecule has 0 amide bonds. The Kier molecular flexibility index (Phi) is 7.71. The summed E-state index contributed by atoms with van der Waals surface area (Å²) in [6.45, 7) is 13.9. The highest BCUT2D eigenvalue weighted by Gasteiger charge is 2.29. The van der Waals surface area contributed by atoms with Crippen LogP contribution in [0.5, 0.6) is 0 Å². The van der Waals surface area contributed by atoms with Crippen LogP contribution >= 0.6 is 22.9 Å². The minimum Gasteiger partial charge on any atom is -0.510 e. The zero-order valence-corrected chi connectivity index (χ0v) is 27.1. The molecular weight excluding hydrogens is 576 g/mol. The quantitative estimate of drug-likeness (QED) is 0.194. The molecule has 6 rings (SSSR count). The number of ether oxygens (including phenoxy) is 1. The van der Waals surface area contributed by atoms with Gasteiger partial charge < -0.3 is 19.3 Å². The summed E-state index contributed by atoms with van der Waals surface area (Å²) < 4.78 is 9.52. The second-order valence-electron chi connectivity index (χ2n) is 12.4. The number of hydrogen-bond donors (Lipinski definition) is 1. The van der Waals surface area contributed by atoms with Crippen LogP contribution in [-0.4, -0.2) is 50.3 Å². The third-order valence-corrected chi connectivity index (χ3v) is 9.31. The Balaban J connectivity index is 1.55. The number of fused-ring (bicyclic) bond motifs is 2. The average molecular weight is 613 g/mol. The molecule has 6 nitrogen and oxygen atoms in total. The van der Waals surface area contributed by atoms with E-state index in [2.05, 4.69) is 54.5 Å². The van der Waals surface area contributed by atoms with Gasteiger partial charge in [0.05, 0.1) is 15.8 Å². The number of aryl methyl sites for hydroxylation is 2. The normalized spacial score (nSPS) is 15.3. The molecule has 0 fully saturated rings. The number of nitrogens with zero attached hydrogens (tertiary/aromatic N) is 4. The number of hydrogen-bond acceptors (Lipinski definition) is 6. The number of likely N-dealkylation sites (N-methyl/N-ethyl adjacent to an activating group) is 1. The van der Waals surface area contributed by atoms with E-state index in [-0.39, 0.29) is 5.76 Å². The van der Waals surface area contributed by atoms with E-state index in [1.165, 1.54) is 11.1 Å². The van der Waals surface area contributed by atoms with Gasteiger partial charge in [-0.25, -0.2) is 9.97 Å². The molecule has 1 aliphatic heterocycles. The van der Waals surface area contributed by atoms with Crippen molar-refractivity contribution in [3.63, 3.8) is 0 Å². The lowest BCUT2D eigenvalue weighted by molar-refractivity contribution is -0.0594. The number of aromatic nitrogens is 3. The molecule has 1 atom stereocenters. The predicted molar refractivity (Wildman–Crippen MR) is 180 cm³/mol. The van der Waals surface area contributed by atoms with Gasteiger partial charge in [0.2, 0.25) is 0 Å². The summed E-state index contributed by atoms with van der Waals surface area (Å²) in [7, 11) is 4.21. The second kappa shape index (κ2) is 11.2. The second-order valence-corrected chi connectivity index (χ2v) is 13.9. The van der Waals surface area contributed by atoms with Gasteiger partial charge in [-0.15, -0.1) is 11.3 Å². The Morgan fingerprint density at radius 3 is 2.53 bits per heavy atom. The summed E-state index contributed by atoms with van der Waals surface area (Å²) >= 11 is 7.92. The molecule has 0 unspecified atom stereocenters. The SMILES string of the molecule is C=C(O)[C@@H](OC(C)(C)C)c1c(C)cc2nc(-c3cnc4c(c3)c(C3=CCN(C)CC3)cn4C)sc2c1-c1ccc(Cl)cc1. The van der Waals surface area contributed by atoms with Crippen molar-refractivity contribution in [2.45, 2.75) is 45.8 Å². The van der Waals surface area contributed by atoms with Crippen LogP contribution in [0, 0.1) is 6.92 Å². The van der Waals surface area contributed by atoms with Crippen LogP contribution in [0.25, 0.3) is 48.5 Å². The first kappa shape index (κ1) is 29.6. The van der Waals surface area contributed by atoms with Crippen molar-refractivity contribution in [3.8, 4) is 21.7 Å². The van der Waals surface area contributed by atoms with E-state index >= 15 is 0 Å². The van der Waals surface area contributed by atoms with Crippen LogP contribution in [0.15, 0.2) is 67.2 Å². The molecule has 5 aromatic rings. The Labute approximate surface area is 261 Å². The van der Waals surface area contributed by atoms with Gasteiger partial charge in [0, 0.05) is 65.2 Å². The molecule has 4 heterocycles. The Morgan fingerprint density at radius 2 is 1.88 bits per heavy atom. The molecular formula is C35H37ClN4O2S. The first-order valence-corrected chi connectivity index (χ1v) is 15.7. The van der Waals surface area contributed by atoms with Crippen molar-refractivity contribution in [3.05, 3.63) is 88.9 Å². The van der Waals surface area contributed by atoms with Crippen molar-refractivity contribution in [2.24, 2.45) is 7.05 Å². The molecule has 222 valence electrons. The lowest BCUT2D eigenvalue weighted by Gasteiger charge is -2.30. The molecule has 2 aromatic carbocycles. The third kappa shape index (κ3) is 5.75. The zero-order valence-electron chi connectivity index (χ0n) is 25.5. The van der Waals surface area contributed by atoms with E-state index in [1.54, 1.807) is 11.3 Å². The summed E-state index contributed by atoms with van der Waals surface area (Å²) in [4.78, 5) is 12.3. The molecule has 1 aliphatic rings. The molecule has 43 heavy (non-hydrogen) atoms. The first-order valence-electron chi connectivity index (χ1n) is 14.5. The summed E-state index contributed by atoms with van der Waals surface area (Å²) in [5, 5.41) is 13.5.